The molecule has 1 aromatic rings. The smallest absolute Gasteiger partial charge is 0.0818 e. The summed E-state index contributed by atoms with van der Waals surface area (Å²) in [4.78, 5) is 0. The molecule has 0 aliphatic heterocycles. The van der Waals surface area contributed by atoms with Crippen LogP contribution in [0.4, 0.5) is 0 Å². The molecule has 1 aromatic carbocycles. The predicted molar refractivity (Wildman–Crippen MR) is 64.7 cm³/mol. The van der Waals surface area contributed by atoms with E-state index in [4.69, 9.17) is 0 Å². The Bertz CT molecular complexity index is 249. The lowest BCUT2D eigenvalue weighted by molar-refractivity contribution is 0.0964. The van der Waals surface area contributed by atoms with Gasteiger partial charge in [-0.2, -0.15) is 0 Å². The van der Waals surface area contributed by atoms with Crippen LogP contribution in [0, 0.1) is 5.92 Å². The molecule has 1 nitrogen and oxygen atoms in total. The van der Waals surface area contributed by atoms with E-state index < -0.39 is 0 Å². The van der Waals surface area contributed by atoms with Gasteiger partial charge in [0.1, 0.15) is 0 Å². The second-order valence-corrected chi connectivity index (χ2v) is 4.19. The zero-order chi connectivity index (χ0) is 11.1. The van der Waals surface area contributed by atoms with Crippen LogP contribution in [0.2, 0.25) is 0 Å². The van der Waals surface area contributed by atoms with Crippen molar-refractivity contribution >= 4 is 0 Å². The lowest BCUT2D eigenvalue weighted by atomic mass is 9.88. The molecule has 0 bridgehead atoms. The summed E-state index contributed by atoms with van der Waals surface area (Å²) in [6.45, 7) is 4.36. The van der Waals surface area contributed by atoms with Crippen LogP contribution in [-0.2, 0) is 0 Å². The second-order valence-electron chi connectivity index (χ2n) is 4.19. The minimum absolute atomic E-state index is 0.286. The molecule has 0 aromatic heterocycles. The summed E-state index contributed by atoms with van der Waals surface area (Å²) in [5.74, 6) is 0.419. The fraction of sp³-hybridized carbons (Fsp3) is 0.571. The van der Waals surface area contributed by atoms with Crippen molar-refractivity contribution in [3.05, 3.63) is 35.9 Å². The van der Waals surface area contributed by atoms with Crippen molar-refractivity contribution in [3.63, 3.8) is 0 Å². The van der Waals surface area contributed by atoms with Gasteiger partial charge in [0.25, 0.3) is 0 Å². The van der Waals surface area contributed by atoms with Gasteiger partial charge >= 0.3 is 0 Å². The van der Waals surface area contributed by atoms with E-state index in [9.17, 15) is 5.11 Å². The van der Waals surface area contributed by atoms with E-state index in [2.05, 4.69) is 13.8 Å². The molecule has 15 heavy (non-hydrogen) atoms. The molecule has 1 N–H and O–H groups in total. The first-order chi connectivity index (χ1) is 7.29. The average molecular weight is 206 g/mol. The van der Waals surface area contributed by atoms with Crippen LogP contribution in [0.25, 0.3) is 0 Å². The summed E-state index contributed by atoms with van der Waals surface area (Å²) in [6, 6.07) is 10.0. The van der Waals surface area contributed by atoms with Gasteiger partial charge in [0.2, 0.25) is 0 Å². The highest BCUT2D eigenvalue weighted by atomic mass is 16.3. The van der Waals surface area contributed by atoms with Crippen molar-refractivity contribution in [2.75, 3.05) is 0 Å². The van der Waals surface area contributed by atoms with Crippen molar-refractivity contribution in [1.82, 2.24) is 0 Å². The average Bonchev–Trinajstić information content (AvgIpc) is 2.29. The predicted octanol–water partition coefficient (Wildman–Crippen LogP) is 3.94. The Hall–Kier alpha value is -0.820. The molecule has 1 unspecified atom stereocenters. The third-order valence-corrected chi connectivity index (χ3v) is 2.91. The highest BCUT2D eigenvalue weighted by Crippen LogP contribution is 2.29. The maximum atomic E-state index is 10.2. The molecule has 0 saturated heterocycles. The van der Waals surface area contributed by atoms with Gasteiger partial charge < -0.3 is 5.11 Å². The first-order valence-electron chi connectivity index (χ1n) is 6.02. The number of rotatable bonds is 6. The van der Waals surface area contributed by atoms with E-state index >= 15 is 0 Å². The Labute approximate surface area is 93.1 Å². The van der Waals surface area contributed by atoms with Crippen molar-refractivity contribution in [2.24, 2.45) is 5.92 Å². The van der Waals surface area contributed by atoms with E-state index in [0.29, 0.717) is 5.92 Å². The number of hydrogen-bond acceptors (Lipinski definition) is 1. The molecule has 1 atom stereocenters. The van der Waals surface area contributed by atoms with Crippen LogP contribution in [0.3, 0.4) is 0 Å². The first kappa shape index (κ1) is 12.3. The molecule has 0 radical (unpaired) electrons. The van der Waals surface area contributed by atoms with Gasteiger partial charge in [0.15, 0.2) is 0 Å². The third-order valence-electron chi connectivity index (χ3n) is 2.91. The molecular weight excluding hydrogens is 184 g/mol. The van der Waals surface area contributed by atoms with Gasteiger partial charge in [-0.05, 0) is 24.3 Å². The molecular formula is C14H22O. The SMILES string of the molecule is CCCC(CCC)C(O)c1ccccc1. The number of aliphatic hydroxyl groups is 1. The zero-order valence-corrected chi connectivity index (χ0v) is 9.82. The molecule has 84 valence electrons. The highest BCUT2D eigenvalue weighted by Gasteiger charge is 2.18. The zero-order valence-electron chi connectivity index (χ0n) is 9.82. The molecule has 0 aliphatic carbocycles. The maximum Gasteiger partial charge on any atom is 0.0818 e. The molecule has 0 fully saturated rings. The van der Waals surface area contributed by atoms with E-state index in [1.54, 1.807) is 0 Å². The van der Waals surface area contributed by atoms with E-state index in [-0.39, 0.29) is 6.10 Å². The van der Waals surface area contributed by atoms with E-state index in [1.165, 1.54) is 0 Å². The lowest BCUT2D eigenvalue weighted by Crippen LogP contribution is -2.12. The topological polar surface area (TPSA) is 20.2 Å². The summed E-state index contributed by atoms with van der Waals surface area (Å²) in [5, 5.41) is 10.2. The third kappa shape index (κ3) is 3.67. The van der Waals surface area contributed by atoms with Crippen LogP contribution in [0.5, 0.6) is 0 Å². The molecule has 1 rings (SSSR count). The summed E-state index contributed by atoms with van der Waals surface area (Å²) in [6.07, 6.45) is 4.24. The lowest BCUT2D eigenvalue weighted by Gasteiger charge is -2.22. The Balaban J connectivity index is 2.67. The number of hydrogen-bond donors (Lipinski definition) is 1. The van der Waals surface area contributed by atoms with Crippen LogP contribution < -0.4 is 0 Å². The quantitative estimate of drug-likeness (QED) is 0.747. The van der Waals surface area contributed by atoms with Gasteiger partial charge in [-0.1, -0.05) is 57.0 Å². The monoisotopic (exact) mass is 206 g/mol. The summed E-state index contributed by atoms with van der Waals surface area (Å²) in [7, 11) is 0. The van der Waals surface area contributed by atoms with Crippen LogP contribution >= 0.6 is 0 Å². The Kier molecular flexibility index (Phi) is 5.41. The fourth-order valence-electron chi connectivity index (χ4n) is 2.12. The van der Waals surface area contributed by atoms with Crippen LogP contribution in [-0.4, -0.2) is 5.11 Å². The van der Waals surface area contributed by atoms with E-state index in [0.717, 1.165) is 31.2 Å². The molecule has 0 spiro atoms. The Morgan fingerprint density at radius 1 is 1.00 bits per heavy atom. The van der Waals surface area contributed by atoms with Crippen molar-refractivity contribution < 1.29 is 5.11 Å². The van der Waals surface area contributed by atoms with Gasteiger partial charge in [-0.3, -0.25) is 0 Å². The maximum absolute atomic E-state index is 10.2. The molecule has 0 heterocycles. The Morgan fingerprint density at radius 2 is 1.53 bits per heavy atom. The van der Waals surface area contributed by atoms with Gasteiger partial charge in [-0.15, -0.1) is 0 Å². The van der Waals surface area contributed by atoms with Crippen molar-refractivity contribution in [1.29, 1.82) is 0 Å². The molecule has 1 heteroatoms. The first-order valence-corrected chi connectivity index (χ1v) is 6.02. The van der Waals surface area contributed by atoms with Crippen LogP contribution in [0.15, 0.2) is 30.3 Å². The van der Waals surface area contributed by atoms with Crippen molar-refractivity contribution in [3.8, 4) is 0 Å². The number of benzene rings is 1. The minimum Gasteiger partial charge on any atom is -0.388 e. The molecule has 0 aliphatic rings. The standard InChI is InChI=1S/C14H22O/c1-3-8-12(9-4-2)14(15)13-10-6-5-7-11-13/h5-7,10-12,14-15H,3-4,8-9H2,1-2H3. The van der Waals surface area contributed by atoms with Gasteiger partial charge in [0, 0.05) is 0 Å². The van der Waals surface area contributed by atoms with Crippen molar-refractivity contribution in [2.45, 2.75) is 45.6 Å². The molecule has 0 amide bonds. The van der Waals surface area contributed by atoms with Crippen LogP contribution in [0.1, 0.15) is 51.2 Å². The molecule has 0 saturated carbocycles. The summed E-state index contributed by atoms with van der Waals surface area (Å²) >= 11 is 0. The largest absolute Gasteiger partial charge is 0.388 e. The Morgan fingerprint density at radius 3 is 2.00 bits per heavy atom. The second kappa shape index (κ2) is 6.62. The van der Waals surface area contributed by atoms with Gasteiger partial charge in [-0.25, -0.2) is 0 Å². The van der Waals surface area contributed by atoms with Gasteiger partial charge in [0.05, 0.1) is 6.10 Å². The van der Waals surface area contributed by atoms with E-state index in [1.807, 2.05) is 30.3 Å². The fourth-order valence-corrected chi connectivity index (χ4v) is 2.12. The highest BCUT2D eigenvalue weighted by molar-refractivity contribution is 5.17. The summed E-state index contributed by atoms with van der Waals surface area (Å²) < 4.78 is 0. The summed E-state index contributed by atoms with van der Waals surface area (Å²) in [5.41, 5.74) is 1.06. The minimum atomic E-state index is -0.286. The number of aliphatic hydroxyl groups excluding tert-OH is 1. The normalized spacial score (nSPS) is 13.1.